The second kappa shape index (κ2) is 6.42. The second-order valence-corrected chi connectivity index (χ2v) is 5.59. The van der Waals surface area contributed by atoms with Crippen molar-refractivity contribution in [1.82, 2.24) is 0 Å². The fourth-order valence-corrected chi connectivity index (χ4v) is 2.59. The number of hydrogen-bond acceptors (Lipinski definition) is 2. The third kappa shape index (κ3) is 3.72. The minimum atomic E-state index is 0.634. The molecule has 0 amide bonds. The van der Waals surface area contributed by atoms with Crippen molar-refractivity contribution >= 4 is 27.5 Å². The van der Waals surface area contributed by atoms with E-state index in [2.05, 4.69) is 15.9 Å². The maximum atomic E-state index is 5.93. The van der Waals surface area contributed by atoms with Gasteiger partial charge in [0, 0.05) is 9.50 Å². The van der Waals surface area contributed by atoms with E-state index in [-0.39, 0.29) is 0 Å². The van der Waals surface area contributed by atoms with Crippen LogP contribution in [0.4, 0.5) is 0 Å². The Kier molecular flexibility index (Phi) is 4.86. The van der Waals surface area contributed by atoms with Crippen molar-refractivity contribution in [2.24, 2.45) is 5.73 Å². The molecule has 0 radical (unpaired) electrons. The van der Waals surface area contributed by atoms with Gasteiger partial charge in [-0.25, -0.2) is 0 Å². The average Bonchev–Trinajstić information content (AvgIpc) is 2.36. The third-order valence-corrected chi connectivity index (χ3v) is 3.78. The van der Waals surface area contributed by atoms with Crippen LogP contribution < -0.4 is 10.5 Å². The number of rotatable bonds is 4. The smallest absolute Gasteiger partial charge is 0.130 e. The zero-order valence-electron chi connectivity index (χ0n) is 10.6. The minimum Gasteiger partial charge on any atom is -0.457 e. The highest BCUT2D eigenvalue weighted by molar-refractivity contribution is 9.10. The number of halogens is 2. The van der Waals surface area contributed by atoms with Gasteiger partial charge in [0.05, 0.1) is 0 Å². The highest BCUT2D eigenvalue weighted by Crippen LogP contribution is 2.30. The number of ether oxygens (including phenoxy) is 1. The topological polar surface area (TPSA) is 35.2 Å². The molecule has 0 bridgehead atoms. The molecular weight excluding hydrogens is 326 g/mol. The monoisotopic (exact) mass is 339 g/mol. The Balaban J connectivity index is 2.21. The molecule has 2 rings (SSSR count). The van der Waals surface area contributed by atoms with Gasteiger partial charge in [0.2, 0.25) is 0 Å². The highest BCUT2D eigenvalue weighted by atomic mass is 79.9. The molecule has 2 aromatic carbocycles. The number of benzene rings is 2. The molecule has 0 saturated heterocycles. The Labute approximate surface area is 126 Å². The lowest BCUT2D eigenvalue weighted by Crippen LogP contribution is -2.03. The largest absolute Gasteiger partial charge is 0.457 e. The average molecular weight is 341 g/mol. The molecule has 2 aromatic rings. The zero-order valence-corrected chi connectivity index (χ0v) is 13.0. The Morgan fingerprint density at radius 1 is 1.21 bits per heavy atom. The summed E-state index contributed by atoms with van der Waals surface area (Å²) in [6, 6.07) is 11.5. The molecule has 4 heteroatoms. The summed E-state index contributed by atoms with van der Waals surface area (Å²) in [5, 5.41) is 0.712. The normalized spacial score (nSPS) is 10.5. The summed E-state index contributed by atoms with van der Waals surface area (Å²) >= 11 is 9.46. The van der Waals surface area contributed by atoms with Crippen LogP contribution >= 0.6 is 27.5 Å². The van der Waals surface area contributed by atoms with E-state index in [9.17, 15) is 0 Å². The molecule has 0 heterocycles. The third-order valence-electron chi connectivity index (χ3n) is 2.80. The van der Waals surface area contributed by atoms with Crippen LogP contribution in [0.2, 0.25) is 5.02 Å². The Hall–Kier alpha value is -1.03. The van der Waals surface area contributed by atoms with Crippen LogP contribution in [0.5, 0.6) is 11.5 Å². The van der Waals surface area contributed by atoms with E-state index < -0.39 is 0 Å². The molecule has 0 atom stereocenters. The van der Waals surface area contributed by atoms with Gasteiger partial charge in [0.1, 0.15) is 11.5 Å². The summed E-state index contributed by atoms with van der Waals surface area (Å²) in [6.45, 7) is 2.61. The van der Waals surface area contributed by atoms with Gasteiger partial charge in [-0.15, -0.1) is 0 Å². The molecule has 0 aliphatic rings. The summed E-state index contributed by atoms with van der Waals surface area (Å²) in [5.74, 6) is 1.60. The molecular formula is C15H15BrClNO. The molecule has 0 fully saturated rings. The SMILES string of the molecule is Cc1cc(Cl)ccc1Oc1ccc(CCN)c(Br)c1. The van der Waals surface area contributed by atoms with E-state index in [4.69, 9.17) is 22.1 Å². The van der Waals surface area contributed by atoms with E-state index in [1.165, 1.54) is 5.56 Å². The van der Waals surface area contributed by atoms with Crippen molar-refractivity contribution in [2.75, 3.05) is 6.54 Å². The predicted octanol–water partition coefficient (Wildman–Crippen LogP) is 4.70. The first-order chi connectivity index (χ1) is 9.10. The first-order valence-electron chi connectivity index (χ1n) is 6.02. The maximum absolute atomic E-state index is 5.93. The highest BCUT2D eigenvalue weighted by Gasteiger charge is 2.05. The van der Waals surface area contributed by atoms with Crippen LogP contribution in [0.1, 0.15) is 11.1 Å². The van der Waals surface area contributed by atoms with Gasteiger partial charge in [0.15, 0.2) is 0 Å². The maximum Gasteiger partial charge on any atom is 0.130 e. The molecule has 0 saturated carbocycles. The minimum absolute atomic E-state index is 0.634. The molecule has 0 aromatic heterocycles. The Morgan fingerprint density at radius 3 is 2.63 bits per heavy atom. The van der Waals surface area contributed by atoms with E-state index >= 15 is 0 Å². The molecule has 0 spiro atoms. The predicted molar refractivity (Wildman–Crippen MR) is 83.2 cm³/mol. The molecule has 2 N–H and O–H groups in total. The van der Waals surface area contributed by atoms with Gasteiger partial charge < -0.3 is 10.5 Å². The van der Waals surface area contributed by atoms with Crippen LogP contribution in [0.15, 0.2) is 40.9 Å². The molecule has 19 heavy (non-hydrogen) atoms. The Bertz CT molecular complexity index is 586. The lowest BCUT2D eigenvalue weighted by atomic mass is 10.1. The fourth-order valence-electron chi connectivity index (χ4n) is 1.80. The molecule has 0 aliphatic heterocycles. The summed E-state index contributed by atoms with van der Waals surface area (Å²) in [4.78, 5) is 0. The first kappa shape index (κ1) is 14.4. The zero-order chi connectivity index (χ0) is 13.8. The quantitative estimate of drug-likeness (QED) is 0.875. The van der Waals surface area contributed by atoms with Gasteiger partial charge in [-0.2, -0.15) is 0 Å². The van der Waals surface area contributed by atoms with Crippen LogP contribution in [-0.4, -0.2) is 6.54 Å². The lowest BCUT2D eigenvalue weighted by molar-refractivity contribution is 0.478. The first-order valence-corrected chi connectivity index (χ1v) is 7.20. The van der Waals surface area contributed by atoms with E-state index in [1.807, 2.05) is 43.3 Å². The summed E-state index contributed by atoms with van der Waals surface area (Å²) in [7, 11) is 0. The van der Waals surface area contributed by atoms with Crippen molar-refractivity contribution in [2.45, 2.75) is 13.3 Å². The number of aryl methyl sites for hydroxylation is 1. The van der Waals surface area contributed by atoms with Crippen LogP contribution in [0.3, 0.4) is 0 Å². The lowest BCUT2D eigenvalue weighted by Gasteiger charge is -2.11. The van der Waals surface area contributed by atoms with Crippen LogP contribution in [0, 0.1) is 6.92 Å². The van der Waals surface area contributed by atoms with E-state index in [0.29, 0.717) is 11.6 Å². The van der Waals surface area contributed by atoms with Gasteiger partial charge in [-0.1, -0.05) is 33.6 Å². The van der Waals surface area contributed by atoms with E-state index in [1.54, 1.807) is 0 Å². The van der Waals surface area contributed by atoms with Crippen molar-refractivity contribution < 1.29 is 4.74 Å². The van der Waals surface area contributed by atoms with Gasteiger partial charge in [-0.05, 0) is 61.3 Å². The van der Waals surface area contributed by atoms with Crippen LogP contribution in [0.25, 0.3) is 0 Å². The second-order valence-electron chi connectivity index (χ2n) is 4.30. The van der Waals surface area contributed by atoms with Crippen molar-refractivity contribution in [3.63, 3.8) is 0 Å². The molecule has 0 unspecified atom stereocenters. The fraction of sp³-hybridized carbons (Fsp3) is 0.200. The van der Waals surface area contributed by atoms with Crippen molar-refractivity contribution in [1.29, 1.82) is 0 Å². The van der Waals surface area contributed by atoms with E-state index in [0.717, 1.165) is 28.0 Å². The van der Waals surface area contributed by atoms with Crippen LogP contribution in [-0.2, 0) is 6.42 Å². The standard InChI is InChI=1S/C15H15BrClNO/c1-10-8-12(17)3-5-15(10)19-13-4-2-11(6-7-18)14(16)9-13/h2-5,8-9H,6-7,18H2,1H3. The molecule has 0 aliphatic carbocycles. The molecule has 2 nitrogen and oxygen atoms in total. The van der Waals surface area contributed by atoms with Gasteiger partial charge in [-0.3, -0.25) is 0 Å². The number of nitrogens with two attached hydrogens (primary N) is 1. The number of hydrogen-bond donors (Lipinski definition) is 1. The van der Waals surface area contributed by atoms with Crippen molar-refractivity contribution in [3.8, 4) is 11.5 Å². The summed E-state index contributed by atoms with van der Waals surface area (Å²) < 4.78 is 6.87. The summed E-state index contributed by atoms with van der Waals surface area (Å²) in [5.41, 5.74) is 7.75. The van der Waals surface area contributed by atoms with Gasteiger partial charge >= 0.3 is 0 Å². The summed E-state index contributed by atoms with van der Waals surface area (Å²) in [6.07, 6.45) is 0.848. The van der Waals surface area contributed by atoms with Gasteiger partial charge in [0.25, 0.3) is 0 Å². The Morgan fingerprint density at radius 2 is 2.00 bits per heavy atom. The van der Waals surface area contributed by atoms with Crippen molar-refractivity contribution in [3.05, 3.63) is 57.0 Å². The molecule has 100 valence electrons.